The molecule has 2 aromatic rings. The fraction of sp³-hybridized carbons (Fsp3) is 0.263. The van der Waals surface area contributed by atoms with E-state index in [1.807, 2.05) is 11.8 Å². The molecule has 0 aliphatic carbocycles. The molecule has 0 aliphatic rings. The number of allylic oxidation sites excluding steroid dienone is 1. The molecule has 0 aliphatic heterocycles. The number of benzene rings is 2. The van der Waals surface area contributed by atoms with Crippen LogP contribution in [0.25, 0.3) is 4.91 Å². The van der Waals surface area contributed by atoms with Gasteiger partial charge in [-0.1, -0.05) is 57.5 Å². The third kappa shape index (κ3) is 3.61. The SMILES string of the molecule is C/C=C(/Sc1ccc(C)cc1)c1c(C)cc(C)c(Br)c1C. The van der Waals surface area contributed by atoms with E-state index in [-0.39, 0.29) is 0 Å². The average molecular weight is 361 g/mol. The minimum atomic E-state index is 1.21. The van der Waals surface area contributed by atoms with Crippen molar-refractivity contribution >= 4 is 32.6 Å². The van der Waals surface area contributed by atoms with Gasteiger partial charge in [-0.3, -0.25) is 0 Å². The van der Waals surface area contributed by atoms with Crippen LogP contribution in [0.5, 0.6) is 0 Å². The van der Waals surface area contributed by atoms with E-state index in [0.717, 1.165) is 0 Å². The van der Waals surface area contributed by atoms with Crippen molar-refractivity contribution in [2.24, 2.45) is 0 Å². The van der Waals surface area contributed by atoms with Crippen molar-refractivity contribution < 1.29 is 0 Å². The van der Waals surface area contributed by atoms with Gasteiger partial charge in [-0.15, -0.1) is 0 Å². The molecule has 0 saturated heterocycles. The maximum atomic E-state index is 3.72. The van der Waals surface area contributed by atoms with Gasteiger partial charge in [-0.05, 0) is 69.0 Å². The lowest BCUT2D eigenvalue weighted by Gasteiger charge is -2.16. The summed E-state index contributed by atoms with van der Waals surface area (Å²) in [7, 11) is 0. The molecule has 2 heteroatoms. The molecule has 0 nitrogen and oxygen atoms in total. The van der Waals surface area contributed by atoms with Crippen LogP contribution in [-0.4, -0.2) is 0 Å². The molecule has 0 atom stereocenters. The predicted octanol–water partition coefficient (Wildman–Crippen LogP) is 6.84. The maximum Gasteiger partial charge on any atom is 0.0240 e. The van der Waals surface area contributed by atoms with E-state index in [0.29, 0.717) is 0 Å². The first-order chi connectivity index (χ1) is 9.93. The van der Waals surface area contributed by atoms with Crippen LogP contribution in [0.15, 0.2) is 45.8 Å². The molecule has 2 rings (SSSR count). The monoisotopic (exact) mass is 360 g/mol. The molecule has 0 unspecified atom stereocenters. The third-order valence-corrected chi connectivity index (χ3v) is 6.02. The van der Waals surface area contributed by atoms with Crippen LogP contribution in [0.4, 0.5) is 0 Å². The summed E-state index contributed by atoms with van der Waals surface area (Å²) in [5, 5.41) is 0. The zero-order valence-electron chi connectivity index (χ0n) is 13.3. The van der Waals surface area contributed by atoms with Crippen molar-refractivity contribution in [3.05, 3.63) is 68.7 Å². The molecule has 0 bridgehead atoms. The van der Waals surface area contributed by atoms with Crippen molar-refractivity contribution in [2.75, 3.05) is 0 Å². The van der Waals surface area contributed by atoms with Crippen molar-refractivity contribution in [1.82, 2.24) is 0 Å². The first-order valence-electron chi connectivity index (χ1n) is 7.11. The summed E-state index contributed by atoms with van der Waals surface area (Å²) in [6, 6.07) is 11.0. The topological polar surface area (TPSA) is 0 Å². The van der Waals surface area contributed by atoms with Crippen LogP contribution in [0, 0.1) is 27.7 Å². The standard InChI is InChI=1S/C19H21BrS/c1-6-17(21-16-9-7-12(2)8-10-16)18-13(3)11-14(4)19(20)15(18)5/h6-11H,1-5H3/b17-6+. The summed E-state index contributed by atoms with van der Waals surface area (Å²) in [6.45, 7) is 10.8. The van der Waals surface area contributed by atoms with Gasteiger partial charge in [0.1, 0.15) is 0 Å². The minimum Gasteiger partial charge on any atom is -0.0898 e. The van der Waals surface area contributed by atoms with Crippen LogP contribution in [-0.2, 0) is 0 Å². The van der Waals surface area contributed by atoms with Gasteiger partial charge in [0.05, 0.1) is 0 Å². The van der Waals surface area contributed by atoms with E-state index < -0.39 is 0 Å². The second-order valence-corrected chi connectivity index (χ2v) is 7.30. The molecule has 0 radical (unpaired) electrons. The molecular formula is C19H21BrS. The van der Waals surface area contributed by atoms with Gasteiger partial charge in [0.2, 0.25) is 0 Å². The largest absolute Gasteiger partial charge is 0.0898 e. The predicted molar refractivity (Wildman–Crippen MR) is 99.0 cm³/mol. The highest BCUT2D eigenvalue weighted by molar-refractivity contribution is 9.10. The lowest BCUT2D eigenvalue weighted by molar-refractivity contribution is 1.27. The number of hydrogen-bond acceptors (Lipinski definition) is 1. The zero-order valence-corrected chi connectivity index (χ0v) is 15.7. The van der Waals surface area contributed by atoms with Gasteiger partial charge in [-0.2, -0.15) is 0 Å². The Hall–Kier alpha value is -0.990. The summed E-state index contributed by atoms with van der Waals surface area (Å²) >= 11 is 5.55. The highest BCUT2D eigenvalue weighted by Crippen LogP contribution is 2.40. The zero-order chi connectivity index (χ0) is 15.6. The second-order valence-electron chi connectivity index (χ2n) is 5.39. The number of aryl methyl sites for hydroxylation is 3. The highest BCUT2D eigenvalue weighted by Gasteiger charge is 2.13. The van der Waals surface area contributed by atoms with Crippen LogP contribution in [0.1, 0.15) is 34.7 Å². The van der Waals surface area contributed by atoms with E-state index in [4.69, 9.17) is 0 Å². The van der Waals surface area contributed by atoms with Crippen molar-refractivity contribution in [1.29, 1.82) is 0 Å². The third-order valence-electron chi connectivity index (χ3n) is 3.64. The van der Waals surface area contributed by atoms with E-state index in [9.17, 15) is 0 Å². The lowest BCUT2D eigenvalue weighted by Crippen LogP contribution is -1.95. The van der Waals surface area contributed by atoms with Crippen molar-refractivity contribution in [3.8, 4) is 0 Å². The Balaban J connectivity index is 2.43. The van der Waals surface area contributed by atoms with Crippen LogP contribution < -0.4 is 0 Å². The van der Waals surface area contributed by atoms with Crippen molar-refractivity contribution in [3.63, 3.8) is 0 Å². The summed E-state index contributed by atoms with van der Waals surface area (Å²) in [5.74, 6) is 0. The molecule has 0 amide bonds. The molecule has 2 aromatic carbocycles. The van der Waals surface area contributed by atoms with Crippen LogP contribution in [0.3, 0.4) is 0 Å². The summed E-state index contributed by atoms with van der Waals surface area (Å²) in [4.78, 5) is 2.60. The molecule has 110 valence electrons. The normalized spacial score (nSPS) is 11.8. The highest BCUT2D eigenvalue weighted by atomic mass is 79.9. The molecule has 21 heavy (non-hydrogen) atoms. The van der Waals surface area contributed by atoms with Gasteiger partial charge < -0.3 is 0 Å². The fourth-order valence-electron chi connectivity index (χ4n) is 2.53. The van der Waals surface area contributed by atoms with Crippen LogP contribution in [0.2, 0.25) is 0 Å². The van der Waals surface area contributed by atoms with Gasteiger partial charge in [0.15, 0.2) is 0 Å². The summed E-state index contributed by atoms with van der Waals surface area (Å²) < 4.78 is 1.21. The van der Waals surface area contributed by atoms with E-state index in [1.54, 1.807) is 0 Å². The van der Waals surface area contributed by atoms with Gasteiger partial charge >= 0.3 is 0 Å². The molecule has 0 fully saturated rings. The number of rotatable bonds is 3. The lowest BCUT2D eigenvalue weighted by atomic mass is 9.99. The molecule has 0 spiro atoms. The molecule has 0 N–H and O–H groups in total. The van der Waals surface area contributed by atoms with Crippen LogP contribution >= 0.6 is 27.7 Å². The van der Waals surface area contributed by atoms with Gasteiger partial charge in [0.25, 0.3) is 0 Å². The Bertz CT molecular complexity index is 682. The molecule has 0 saturated carbocycles. The quantitative estimate of drug-likeness (QED) is 0.540. The summed E-state index contributed by atoms with van der Waals surface area (Å²) in [6.07, 6.45) is 2.21. The Labute approximate surface area is 140 Å². The van der Waals surface area contributed by atoms with E-state index in [2.05, 4.69) is 87.0 Å². The molecule has 0 aromatic heterocycles. The number of hydrogen-bond donors (Lipinski definition) is 0. The Morgan fingerprint density at radius 2 is 1.62 bits per heavy atom. The maximum absolute atomic E-state index is 3.72. The Morgan fingerprint density at radius 1 is 1.00 bits per heavy atom. The molecule has 0 heterocycles. The molecular weight excluding hydrogens is 340 g/mol. The van der Waals surface area contributed by atoms with Crippen molar-refractivity contribution in [2.45, 2.75) is 39.5 Å². The first kappa shape index (κ1) is 16.4. The van der Waals surface area contributed by atoms with E-state index >= 15 is 0 Å². The number of halogens is 1. The fourth-order valence-corrected chi connectivity index (χ4v) is 3.90. The minimum absolute atomic E-state index is 1.21. The average Bonchev–Trinajstić information content (AvgIpc) is 2.46. The second kappa shape index (κ2) is 6.85. The summed E-state index contributed by atoms with van der Waals surface area (Å²) in [5.41, 5.74) is 6.60. The smallest absolute Gasteiger partial charge is 0.0240 e. The Morgan fingerprint density at radius 3 is 2.19 bits per heavy atom. The number of thioether (sulfide) groups is 1. The van der Waals surface area contributed by atoms with E-state index in [1.165, 1.54) is 42.1 Å². The Kier molecular flexibility index (Phi) is 5.34. The first-order valence-corrected chi connectivity index (χ1v) is 8.72. The van der Waals surface area contributed by atoms with Gasteiger partial charge in [0, 0.05) is 14.3 Å². The van der Waals surface area contributed by atoms with Gasteiger partial charge in [-0.25, -0.2) is 0 Å².